The molecule has 0 saturated heterocycles. The molecule has 1 aromatic rings. The van der Waals surface area contributed by atoms with E-state index in [1.807, 2.05) is 25.8 Å². The average molecular weight is 276 g/mol. The topological polar surface area (TPSA) is 42.4 Å². The molecule has 1 heterocycles. The molecule has 0 aromatic carbocycles. The first-order valence-corrected chi connectivity index (χ1v) is 7.23. The van der Waals surface area contributed by atoms with Gasteiger partial charge in [0.1, 0.15) is 0 Å². The Morgan fingerprint density at radius 3 is 2.45 bits per heavy atom. The molecule has 0 unspecified atom stereocenters. The minimum atomic E-state index is 0.0224. The normalized spacial score (nSPS) is 17.7. The zero-order chi connectivity index (χ0) is 14.9. The molecular formula is C16H24N2O2. The first-order valence-electron chi connectivity index (χ1n) is 7.23. The minimum absolute atomic E-state index is 0.0224. The lowest BCUT2D eigenvalue weighted by atomic mass is 9.99. The predicted octanol–water partition coefficient (Wildman–Crippen LogP) is 3.13. The molecule has 20 heavy (non-hydrogen) atoms. The molecule has 110 valence electrons. The number of hydrogen-bond donors (Lipinski definition) is 0. The summed E-state index contributed by atoms with van der Waals surface area (Å²) in [5.74, 6) is 0.579. The number of hydrogen-bond acceptors (Lipinski definition) is 3. The zero-order valence-corrected chi connectivity index (χ0v) is 13.0. The highest BCUT2D eigenvalue weighted by atomic mass is 16.5. The summed E-state index contributed by atoms with van der Waals surface area (Å²) < 4.78 is 5.49. The van der Waals surface area contributed by atoms with Crippen LogP contribution in [0.2, 0.25) is 0 Å². The lowest BCUT2D eigenvalue weighted by Crippen LogP contribution is -2.40. The first-order chi connectivity index (χ1) is 9.33. The van der Waals surface area contributed by atoms with Crippen LogP contribution in [0.3, 0.4) is 0 Å². The summed E-state index contributed by atoms with van der Waals surface area (Å²) in [5.41, 5.74) is 0.901. The molecule has 2 rings (SSSR count). The number of carbonyl (C=O) groups excluding carboxylic acids is 1. The maximum Gasteiger partial charge on any atom is 0.255 e. The Morgan fingerprint density at radius 2 is 2.00 bits per heavy atom. The number of amides is 1. The Morgan fingerprint density at radius 1 is 1.35 bits per heavy atom. The van der Waals surface area contributed by atoms with Crippen molar-refractivity contribution < 1.29 is 9.53 Å². The number of pyridine rings is 1. The Kier molecular flexibility index (Phi) is 4.02. The van der Waals surface area contributed by atoms with E-state index in [0.717, 1.165) is 0 Å². The Labute approximate surface area is 121 Å². The summed E-state index contributed by atoms with van der Waals surface area (Å²) in [6.07, 6.45) is 4.08. The Bertz CT molecular complexity index is 478. The molecule has 4 heteroatoms. The van der Waals surface area contributed by atoms with Crippen molar-refractivity contribution in [3.8, 4) is 5.88 Å². The van der Waals surface area contributed by atoms with Gasteiger partial charge in [0.05, 0.1) is 11.7 Å². The standard InChI is InChI=1S/C16H24N2O2/c1-11(2)20-14-7-6-13(10-17-14)15(19)18(5)12(3)16(4)8-9-16/h6-7,10-12H,8-9H2,1-5H3/t12-/m0/s1. The van der Waals surface area contributed by atoms with Gasteiger partial charge >= 0.3 is 0 Å². The van der Waals surface area contributed by atoms with Gasteiger partial charge in [0.15, 0.2) is 0 Å². The molecule has 1 aromatic heterocycles. The average Bonchev–Trinajstić information content (AvgIpc) is 3.16. The van der Waals surface area contributed by atoms with Gasteiger partial charge in [-0.05, 0) is 45.1 Å². The largest absolute Gasteiger partial charge is 0.475 e. The first kappa shape index (κ1) is 14.8. The fourth-order valence-corrected chi connectivity index (χ4v) is 2.28. The van der Waals surface area contributed by atoms with E-state index in [1.165, 1.54) is 12.8 Å². The van der Waals surface area contributed by atoms with Gasteiger partial charge in [0.2, 0.25) is 5.88 Å². The van der Waals surface area contributed by atoms with Crippen LogP contribution in [-0.4, -0.2) is 35.0 Å². The predicted molar refractivity (Wildman–Crippen MR) is 78.9 cm³/mol. The molecule has 1 fully saturated rings. The Balaban J connectivity index is 2.05. The van der Waals surface area contributed by atoms with Gasteiger partial charge < -0.3 is 9.64 Å². The van der Waals surface area contributed by atoms with Crippen LogP contribution in [0.25, 0.3) is 0 Å². The lowest BCUT2D eigenvalue weighted by Gasteiger charge is -2.30. The third-order valence-corrected chi connectivity index (χ3v) is 4.29. The highest BCUT2D eigenvalue weighted by molar-refractivity contribution is 5.94. The van der Waals surface area contributed by atoms with Crippen molar-refractivity contribution in [1.82, 2.24) is 9.88 Å². The quantitative estimate of drug-likeness (QED) is 0.829. The second kappa shape index (κ2) is 5.43. The SMILES string of the molecule is CC(C)Oc1ccc(C(=O)N(C)[C@@H](C)C2(C)CC2)cn1. The highest BCUT2D eigenvalue weighted by Crippen LogP contribution is 2.49. The van der Waals surface area contributed by atoms with E-state index in [1.54, 1.807) is 18.3 Å². The van der Waals surface area contributed by atoms with Crippen molar-refractivity contribution in [2.75, 3.05) is 7.05 Å². The van der Waals surface area contributed by atoms with E-state index >= 15 is 0 Å². The maximum atomic E-state index is 12.4. The monoisotopic (exact) mass is 276 g/mol. The molecule has 1 saturated carbocycles. The van der Waals surface area contributed by atoms with E-state index in [-0.39, 0.29) is 18.1 Å². The fourth-order valence-electron chi connectivity index (χ4n) is 2.28. The van der Waals surface area contributed by atoms with E-state index in [4.69, 9.17) is 4.74 Å². The molecule has 0 radical (unpaired) electrons. The van der Waals surface area contributed by atoms with Crippen LogP contribution in [0.15, 0.2) is 18.3 Å². The molecule has 1 atom stereocenters. The van der Waals surface area contributed by atoms with Gasteiger partial charge in [-0.15, -0.1) is 0 Å². The van der Waals surface area contributed by atoms with Crippen LogP contribution in [0, 0.1) is 5.41 Å². The molecule has 0 aliphatic heterocycles. The van der Waals surface area contributed by atoms with E-state index < -0.39 is 0 Å². The summed E-state index contributed by atoms with van der Waals surface area (Å²) in [7, 11) is 1.87. The number of rotatable bonds is 5. The van der Waals surface area contributed by atoms with E-state index in [2.05, 4.69) is 18.8 Å². The van der Waals surface area contributed by atoms with Crippen LogP contribution >= 0.6 is 0 Å². The number of nitrogens with zero attached hydrogens (tertiary/aromatic N) is 2. The number of carbonyl (C=O) groups is 1. The van der Waals surface area contributed by atoms with Crippen LogP contribution in [-0.2, 0) is 0 Å². The van der Waals surface area contributed by atoms with Crippen LogP contribution in [0.1, 0.15) is 50.9 Å². The molecule has 0 bridgehead atoms. The lowest BCUT2D eigenvalue weighted by molar-refractivity contribution is 0.0684. The molecule has 4 nitrogen and oxygen atoms in total. The second-order valence-electron chi connectivity index (χ2n) is 6.30. The highest BCUT2D eigenvalue weighted by Gasteiger charge is 2.45. The molecule has 0 spiro atoms. The maximum absolute atomic E-state index is 12.4. The third-order valence-electron chi connectivity index (χ3n) is 4.29. The van der Waals surface area contributed by atoms with E-state index in [9.17, 15) is 4.79 Å². The summed E-state index contributed by atoms with van der Waals surface area (Å²) in [5, 5.41) is 0. The van der Waals surface area contributed by atoms with Gasteiger partial charge in [-0.2, -0.15) is 0 Å². The molecule has 1 amide bonds. The van der Waals surface area contributed by atoms with Gasteiger partial charge in [0.25, 0.3) is 5.91 Å². The molecular weight excluding hydrogens is 252 g/mol. The molecule has 0 N–H and O–H groups in total. The van der Waals surface area contributed by atoms with Crippen LogP contribution in [0.4, 0.5) is 0 Å². The minimum Gasteiger partial charge on any atom is -0.475 e. The van der Waals surface area contributed by atoms with Crippen molar-refractivity contribution in [2.24, 2.45) is 5.41 Å². The summed E-state index contributed by atoms with van der Waals surface area (Å²) >= 11 is 0. The van der Waals surface area contributed by atoms with Gasteiger partial charge in [-0.3, -0.25) is 4.79 Å². The van der Waals surface area contributed by atoms with E-state index in [0.29, 0.717) is 16.9 Å². The van der Waals surface area contributed by atoms with Crippen molar-refractivity contribution in [3.05, 3.63) is 23.9 Å². The van der Waals surface area contributed by atoms with Crippen molar-refractivity contribution in [1.29, 1.82) is 0 Å². The summed E-state index contributed by atoms with van der Waals surface area (Å²) in [6.45, 7) is 8.26. The summed E-state index contributed by atoms with van der Waals surface area (Å²) in [6, 6.07) is 3.79. The molecule has 1 aliphatic rings. The van der Waals surface area contributed by atoms with Gasteiger partial charge in [0, 0.05) is 25.4 Å². The second-order valence-corrected chi connectivity index (χ2v) is 6.30. The number of aromatic nitrogens is 1. The van der Waals surface area contributed by atoms with Gasteiger partial charge in [-0.25, -0.2) is 4.98 Å². The smallest absolute Gasteiger partial charge is 0.255 e. The van der Waals surface area contributed by atoms with Crippen LogP contribution in [0.5, 0.6) is 5.88 Å². The van der Waals surface area contributed by atoms with Crippen molar-refractivity contribution in [2.45, 2.75) is 52.7 Å². The number of ether oxygens (including phenoxy) is 1. The van der Waals surface area contributed by atoms with Gasteiger partial charge in [-0.1, -0.05) is 6.92 Å². The fraction of sp³-hybridized carbons (Fsp3) is 0.625. The van der Waals surface area contributed by atoms with Crippen molar-refractivity contribution >= 4 is 5.91 Å². The zero-order valence-electron chi connectivity index (χ0n) is 13.0. The van der Waals surface area contributed by atoms with Crippen LogP contribution < -0.4 is 4.74 Å². The molecule has 1 aliphatic carbocycles. The van der Waals surface area contributed by atoms with Crippen molar-refractivity contribution in [3.63, 3.8) is 0 Å². The third kappa shape index (κ3) is 3.11. The summed E-state index contributed by atoms with van der Waals surface area (Å²) in [4.78, 5) is 18.5. The Hall–Kier alpha value is -1.58.